The predicted molar refractivity (Wildman–Crippen MR) is 85.1 cm³/mol. The van der Waals surface area contributed by atoms with Crippen LogP contribution >= 0.6 is 22.9 Å². The third-order valence-corrected chi connectivity index (χ3v) is 4.16. The maximum absolute atomic E-state index is 12.3. The number of aromatic nitrogens is 1. The second-order valence-corrected chi connectivity index (χ2v) is 5.97. The van der Waals surface area contributed by atoms with Crippen LogP contribution in [0, 0.1) is 0 Å². The van der Waals surface area contributed by atoms with E-state index < -0.39 is 0 Å². The molecule has 3 aromatic rings. The van der Waals surface area contributed by atoms with Crippen molar-refractivity contribution < 1.29 is 4.79 Å². The molecule has 1 amide bonds. The van der Waals surface area contributed by atoms with Crippen molar-refractivity contribution in [2.75, 3.05) is 0 Å². The van der Waals surface area contributed by atoms with Gasteiger partial charge >= 0.3 is 0 Å². The Morgan fingerprint density at radius 2 is 2.14 bits per heavy atom. The summed E-state index contributed by atoms with van der Waals surface area (Å²) in [6.45, 7) is 0.436. The monoisotopic (exact) mass is 318 g/mol. The third-order valence-electron chi connectivity index (χ3n) is 3.05. The van der Waals surface area contributed by atoms with E-state index in [0.29, 0.717) is 28.0 Å². The Morgan fingerprint density at radius 1 is 1.29 bits per heavy atom. The molecule has 1 aromatic carbocycles. The van der Waals surface area contributed by atoms with Crippen LogP contribution < -0.4 is 10.9 Å². The average Bonchev–Trinajstić information content (AvgIpc) is 2.97. The van der Waals surface area contributed by atoms with Crippen LogP contribution in [-0.2, 0) is 6.54 Å². The van der Waals surface area contributed by atoms with E-state index in [4.69, 9.17) is 11.6 Å². The van der Waals surface area contributed by atoms with Gasteiger partial charge in [-0.3, -0.25) is 9.59 Å². The largest absolute Gasteiger partial charge is 0.347 e. The number of H-pyrrole nitrogens is 1. The van der Waals surface area contributed by atoms with Gasteiger partial charge in [-0.2, -0.15) is 0 Å². The molecule has 0 unspecified atom stereocenters. The van der Waals surface area contributed by atoms with Crippen LogP contribution in [0.4, 0.5) is 0 Å². The molecule has 0 aliphatic rings. The van der Waals surface area contributed by atoms with Crippen molar-refractivity contribution in [3.8, 4) is 0 Å². The van der Waals surface area contributed by atoms with Crippen LogP contribution in [0.1, 0.15) is 15.2 Å². The molecule has 0 fully saturated rings. The molecule has 0 saturated carbocycles. The molecule has 0 bridgehead atoms. The molecule has 0 aliphatic carbocycles. The van der Waals surface area contributed by atoms with E-state index in [9.17, 15) is 9.59 Å². The summed E-state index contributed by atoms with van der Waals surface area (Å²) in [5.74, 6) is -0.290. The first-order chi connectivity index (χ1) is 10.1. The highest BCUT2D eigenvalue weighted by atomic mass is 35.5. The number of hydrogen-bond acceptors (Lipinski definition) is 3. The van der Waals surface area contributed by atoms with Crippen molar-refractivity contribution in [3.63, 3.8) is 0 Å². The second kappa shape index (κ2) is 5.71. The van der Waals surface area contributed by atoms with Crippen LogP contribution in [-0.4, -0.2) is 10.9 Å². The Hall–Kier alpha value is -2.11. The minimum Gasteiger partial charge on any atom is -0.347 e. The first-order valence-corrected chi connectivity index (χ1v) is 7.52. The van der Waals surface area contributed by atoms with E-state index in [2.05, 4.69) is 10.3 Å². The maximum atomic E-state index is 12.3. The van der Waals surface area contributed by atoms with Crippen LogP contribution in [0.25, 0.3) is 10.9 Å². The normalized spacial score (nSPS) is 10.7. The van der Waals surface area contributed by atoms with Crippen molar-refractivity contribution in [2.45, 2.75) is 6.54 Å². The zero-order valence-electron chi connectivity index (χ0n) is 10.9. The number of nitrogens with one attached hydrogen (secondary N) is 2. The summed E-state index contributed by atoms with van der Waals surface area (Å²) >= 11 is 7.54. The number of aromatic amines is 1. The number of halogens is 1. The lowest BCUT2D eigenvalue weighted by molar-refractivity contribution is 0.0953. The van der Waals surface area contributed by atoms with E-state index in [0.717, 1.165) is 4.88 Å². The fraction of sp³-hybridized carbons (Fsp3) is 0.0667. The Morgan fingerprint density at radius 3 is 2.90 bits per heavy atom. The molecule has 0 spiro atoms. The van der Waals surface area contributed by atoms with Gasteiger partial charge in [-0.25, -0.2) is 0 Å². The molecule has 2 heterocycles. The molecular weight excluding hydrogens is 308 g/mol. The number of benzene rings is 1. The highest BCUT2D eigenvalue weighted by Gasteiger charge is 2.12. The Labute approximate surface area is 129 Å². The van der Waals surface area contributed by atoms with Gasteiger partial charge in [-0.15, -0.1) is 11.3 Å². The SMILES string of the molecule is O=C(NCc1cccs1)c1cc(=O)[nH]c2ccc(Cl)cc12. The summed E-state index contributed by atoms with van der Waals surface area (Å²) in [5.41, 5.74) is 0.604. The van der Waals surface area contributed by atoms with Crippen LogP contribution in [0.15, 0.2) is 46.6 Å². The highest BCUT2D eigenvalue weighted by Crippen LogP contribution is 2.20. The molecule has 0 atom stereocenters. The first kappa shape index (κ1) is 13.9. The van der Waals surface area contributed by atoms with Crippen molar-refractivity contribution >= 4 is 39.7 Å². The number of fused-ring (bicyclic) bond motifs is 1. The van der Waals surface area contributed by atoms with E-state index in [1.54, 1.807) is 29.5 Å². The van der Waals surface area contributed by atoms with E-state index in [-0.39, 0.29) is 11.5 Å². The van der Waals surface area contributed by atoms with Crippen molar-refractivity contribution in [1.29, 1.82) is 0 Å². The maximum Gasteiger partial charge on any atom is 0.252 e. The number of pyridine rings is 1. The Bertz CT molecular complexity index is 856. The minimum absolute atomic E-state index is 0.290. The van der Waals surface area contributed by atoms with Crippen LogP contribution in [0.3, 0.4) is 0 Å². The number of carbonyl (C=O) groups is 1. The van der Waals surface area contributed by atoms with Crippen molar-refractivity contribution in [3.05, 3.63) is 67.6 Å². The smallest absolute Gasteiger partial charge is 0.252 e. The van der Waals surface area contributed by atoms with Gasteiger partial charge in [0.1, 0.15) is 0 Å². The molecule has 21 heavy (non-hydrogen) atoms. The zero-order valence-corrected chi connectivity index (χ0v) is 12.4. The van der Waals surface area contributed by atoms with Gasteiger partial charge < -0.3 is 10.3 Å². The van der Waals surface area contributed by atoms with E-state index in [1.807, 2.05) is 17.5 Å². The van der Waals surface area contributed by atoms with E-state index >= 15 is 0 Å². The van der Waals surface area contributed by atoms with Gasteiger partial charge in [-0.05, 0) is 29.6 Å². The standard InChI is InChI=1S/C15H11ClN2O2S/c16-9-3-4-13-11(6-9)12(7-14(19)18-13)15(20)17-8-10-2-1-5-21-10/h1-7H,8H2,(H,17,20)(H,18,19). The topological polar surface area (TPSA) is 62.0 Å². The van der Waals surface area contributed by atoms with Crippen LogP contribution in [0.5, 0.6) is 0 Å². The van der Waals surface area contributed by atoms with Crippen molar-refractivity contribution in [2.24, 2.45) is 0 Å². The lowest BCUT2D eigenvalue weighted by Gasteiger charge is -2.07. The fourth-order valence-electron chi connectivity index (χ4n) is 2.09. The Kier molecular flexibility index (Phi) is 3.77. The number of thiophene rings is 1. The van der Waals surface area contributed by atoms with Crippen molar-refractivity contribution in [1.82, 2.24) is 10.3 Å². The Balaban J connectivity index is 1.96. The fourth-order valence-corrected chi connectivity index (χ4v) is 2.91. The summed E-state index contributed by atoms with van der Waals surface area (Å²) in [6.07, 6.45) is 0. The first-order valence-electron chi connectivity index (χ1n) is 6.26. The molecule has 3 rings (SSSR count). The van der Waals surface area contributed by atoms with Gasteiger partial charge in [0.25, 0.3) is 5.91 Å². The van der Waals surface area contributed by atoms with E-state index in [1.165, 1.54) is 6.07 Å². The second-order valence-electron chi connectivity index (χ2n) is 4.50. The molecular formula is C15H11ClN2O2S. The number of carbonyl (C=O) groups excluding carboxylic acids is 1. The van der Waals surface area contributed by atoms with Gasteiger partial charge in [0, 0.05) is 26.9 Å². The number of amides is 1. The number of hydrogen-bond donors (Lipinski definition) is 2. The summed E-state index contributed by atoms with van der Waals surface area (Å²) in [7, 11) is 0. The summed E-state index contributed by atoms with van der Waals surface area (Å²) in [5, 5.41) is 5.91. The summed E-state index contributed by atoms with van der Waals surface area (Å²) in [6, 6.07) is 10.2. The summed E-state index contributed by atoms with van der Waals surface area (Å²) < 4.78 is 0. The molecule has 4 nitrogen and oxygen atoms in total. The molecule has 0 aliphatic heterocycles. The molecule has 2 aromatic heterocycles. The predicted octanol–water partition coefficient (Wildman–Crippen LogP) is 3.17. The molecule has 2 N–H and O–H groups in total. The third kappa shape index (κ3) is 2.99. The lowest BCUT2D eigenvalue weighted by atomic mass is 10.1. The van der Waals surface area contributed by atoms with Gasteiger partial charge in [0.2, 0.25) is 5.56 Å². The average molecular weight is 319 g/mol. The van der Waals surface area contributed by atoms with Gasteiger partial charge in [0.15, 0.2) is 0 Å². The van der Waals surface area contributed by atoms with Gasteiger partial charge in [-0.1, -0.05) is 17.7 Å². The van der Waals surface area contributed by atoms with Crippen LogP contribution in [0.2, 0.25) is 5.02 Å². The minimum atomic E-state index is -0.314. The number of rotatable bonds is 3. The highest BCUT2D eigenvalue weighted by molar-refractivity contribution is 7.09. The molecule has 106 valence electrons. The lowest BCUT2D eigenvalue weighted by Crippen LogP contribution is -2.24. The molecule has 6 heteroatoms. The summed E-state index contributed by atoms with van der Waals surface area (Å²) in [4.78, 5) is 27.7. The molecule has 0 radical (unpaired) electrons. The quantitative estimate of drug-likeness (QED) is 0.779. The van der Waals surface area contributed by atoms with Gasteiger partial charge in [0.05, 0.1) is 12.1 Å². The molecule has 0 saturated heterocycles. The zero-order chi connectivity index (χ0) is 14.8.